The molecule has 1 amide bonds. The monoisotopic (exact) mass is 500 g/mol. The maximum absolute atomic E-state index is 12.5. The molecule has 1 atom stereocenters. The van der Waals surface area contributed by atoms with Gasteiger partial charge in [0, 0.05) is 24.7 Å². The molecule has 1 aromatic carbocycles. The first-order chi connectivity index (χ1) is 13.0. The second-order valence-corrected chi connectivity index (χ2v) is 8.12. The summed E-state index contributed by atoms with van der Waals surface area (Å²) in [5, 5.41) is 3.26. The number of nitrogens with two attached hydrogens (primary N) is 1. The van der Waals surface area contributed by atoms with Gasteiger partial charge in [-0.15, -0.1) is 24.0 Å². The molecule has 1 aliphatic heterocycles. The van der Waals surface area contributed by atoms with Crippen LogP contribution in [0.2, 0.25) is 0 Å². The maximum Gasteiger partial charge on any atom is 0.253 e. The van der Waals surface area contributed by atoms with Gasteiger partial charge in [-0.1, -0.05) is 38.8 Å². The predicted molar refractivity (Wildman–Crippen MR) is 128 cm³/mol. The summed E-state index contributed by atoms with van der Waals surface area (Å²) >= 11 is 0. The van der Waals surface area contributed by atoms with E-state index in [4.69, 9.17) is 5.73 Å². The van der Waals surface area contributed by atoms with Crippen molar-refractivity contribution < 1.29 is 4.79 Å². The molecule has 0 saturated carbocycles. The molecule has 0 aliphatic carbocycles. The van der Waals surface area contributed by atoms with E-state index in [-0.39, 0.29) is 29.9 Å². The van der Waals surface area contributed by atoms with Gasteiger partial charge < -0.3 is 16.0 Å². The molecule has 0 radical (unpaired) electrons. The summed E-state index contributed by atoms with van der Waals surface area (Å²) in [4.78, 5) is 18.9. The first-order valence-electron chi connectivity index (χ1n) is 10.4. The van der Waals surface area contributed by atoms with Crippen LogP contribution < -0.4 is 11.1 Å². The van der Waals surface area contributed by atoms with Gasteiger partial charge in [0.05, 0.1) is 6.54 Å². The SMILES string of the molecule is CC(C)CCCC(C)NC(N)=NCc1ccc(C(=O)N2CCCCC2)cc1.I. The third-order valence-electron chi connectivity index (χ3n) is 5.09. The molecule has 1 saturated heterocycles. The highest BCUT2D eigenvalue weighted by atomic mass is 127. The molecule has 0 aromatic heterocycles. The molecule has 6 heteroatoms. The highest BCUT2D eigenvalue weighted by molar-refractivity contribution is 14.0. The van der Waals surface area contributed by atoms with Crippen LogP contribution in [0.15, 0.2) is 29.3 Å². The van der Waals surface area contributed by atoms with Crippen molar-refractivity contribution in [2.75, 3.05) is 13.1 Å². The standard InChI is InChI=1S/C22H36N4O.HI/c1-17(2)8-7-9-18(3)25-22(23)24-16-19-10-12-20(13-11-19)21(27)26-14-5-4-6-15-26;/h10-13,17-18H,4-9,14-16H2,1-3H3,(H3,23,24,25);1H. The molecule has 2 rings (SSSR count). The smallest absolute Gasteiger partial charge is 0.253 e. The zero-order valence-electron chi connectivity index (χ0n) is 17.6. The Morgan fingerprint density at radius 2 is 1.75 bits per heavy atom. The van der Waals surface area contributed by atoms with Gasteiger partial charge in [-0.25, -0.2) is 4.99 Å². The summed E-state index contributed by atoms with van der Waals surface area (Å²) in [6.07, 6.45) is 6.99. The lowest BCUT2D eigenvalue weighted by Gasteiger charge is -2.26. The van der Waals surface area contributed by atoms with Gasteiger partial charge in [-0.3, -0.25) is 4.79 Å². The van der Waals surface area contributed by atoms with E-state index in [9.17, 15) is 4.79 Å². The van der Waals surface area contributed by atoms with E-state index < -0.39 is 0 Å². The minimum Gasteiger partial charge on any atom is -0.370 e. The second kappa shape index (κ2) is 13.0. The van der Waals surface area contributed by atoms with E-state index >= 15 is 0 Å². The van der Waals surface area contributed by atoms with Crippen LogP contribution in [-0.2, 0) is 6.54 Å². The number of nitrogens with zero attached hydrogens (tertiary/aromatic N) is 2. The fraction of sp³-hybridized carbons (Fsp3) is 0.636. The number of aliphatic imine (C=N–C) groups is 1. The number of carbonyl (C=O) groups is 1. The molecule has 1 fully saturated rings. The van der Waals surface area contributed by atoms with Crippen LogP contribution in [0, 0.1) is 5.92 Å². The molecule has 28 heavy (non-hydrogen) atoms. The molecule has 5 nitrogen and oxygen atoms in total. The normalized spacial score (nSPS) is 15.9. The number of benzene rings is 1. The maximum atomic E-state index is 12.5. The molecule has 0 spiro atoms. The largest absolute Gasteiger partial charge is 0.370 e. The Kier molecular flexibility index (Phi) is 11.5. The quantitative estimate of drug-likeness (QED) is 0.313. The van der Waals surface area contributed by atoms with Crippen LogP contribution in [0.1, 0.15) is 75.2 Å². The molecule has 1 unspecified atom stereocenters. The van der Waals surface area contributed by atoms with E-state index in [1.54, 1.807) is 0 Å². The van der Waals surface area contributed by atoms with Gasteiger partial charge >= 0.3 is 0 Å². The molecule has 1 aromatic rings. The van der Waals surface area contributed by atoms with E-state index in [1.165, 1.54) is 19.3 Å². The minimum absolute atomic E-state index is 0. The number of piperidine rings is 1. The zero-order valence-corrected chi connectivity index (χ0v) is 19.9. The predicted octanol–water partition coefficient (Wildman–Crippen LogP) is 4.55. The number of hydrogen-bond donors (Lipinski definition) is 2. The number of rotatable bonds is 8. The fourth-order valence-electron chi connectivity index (χ4n) is 3.41. The number of carbonyl (C=O) groups excluding carboxylic acids is 1. The van der Waals surface area contributed by atoms with Crippen molar-refractivity contribution >= 4 is 35.8 Å². The Morgan fingerprint density at radius 1 is 1.11 bits per heavy atom. The van der Waals surface area contributed by atoms with E-state index in [2.05, 4.69) is 31.1 Å². The van der Waals surface area contributed by atoms with Crippen LogP contribution in [0.5, 0.6) is 0 Å². The summed E-state index contributed by atoms with van der Waals surface area (Å²) in [5.74, 6) is 1.37. The summed E-state index contributed by atoms with van der Waals surface area (Å²) in [5.41, 5.74) is 7.82. The number of amides is 1. The van der Waals surface area contributed by atoms with Crippen molar-refractivity contribution in [3.63, 3.8) is 0 Å². The molecular formula is C22H37IN4O. The molecule has 1 aliphatic rings. The van der Waals surface area contributed by atoms with E-state index in [0.29, 0.717) is 18.5 Å². The van der Waals surface area contributed by atoms with Crippen molar-refractivity contribution in [2.45, 2.75) is 71.9 Å². The fourth-order valence-corrected chi connectivity index (χ4v) is 3.41. The van der Waals surface area contributed by atoms with Gasteiger partial charge in [0.1, 0.15) is 0 Å². The Labute approximate surface area is 187 Å². The van der Waals surface area contributed by atoms with Crippen LogP contribution in [0.3, 0.4) is 0 Å². The second-order valence-electron chi connectivity index (χ2n) is 8.12. The Balaban J connectivity index is 0.00000392. The first kappa shape index (κ1) is 24.7. The summed E-state index contributed by atoms with van der Waals surface area (Å²) in [7, 11) is 0. The number of hydrogen-bond acceptors (Lipinski definition) is 2. The summed E-state index contributed by atoms with van der Waals surface area (Å²) in [6.45, 7) is 8.92. The van der Waals surface area contributed by atoms with Crippen molar-refractivity contribution in [2.24, 2.45) is 16.6 Å². The van der Waals surface area contributed by atoms with Crippen LogP contribution in [-0.4, -0.2) is 35.9 Å². The number of halogens is 1. The Hall–Kier alpha value is -1.31. The van der Waals surface area contributed by atoms with Crippen molar-refractivity contribution in [3.8, 4) is 0 Å². The lowest BCUT2D eigenvalue weighted by molar-refractivity contribution is 0.0724. The van der Waals surface area contributed by atoms with Crippen molar-refractivity contribution in [3.05, 3.63) is 35.4 Å². The number of likely N-dealkylation sites (tertiary alicyclic amines) is 1. The lowest BCUT2D eigenvalue weighted by atomic mass is 10.0. The van der Waals surface area contributed by atoms with Gasteiger partial charge in [0.15, 0.2) is 5.96 Å². The van der Waals surface area contributed by atoms with E-state index in [1.807, 2.05) is 29.2 Å². The number of nitrogens with one attached hydrogen (secondary N) is 1. The summed E-state index contributed by atoms with van der Waals surface area (Å²) < 4.78 is 0. The van der Waals surface area contributed by atoms with Gasteiger partial charge in [0.2, 0.25) is 0 Å². The molecule has 158 valence electrons. The van der Waals surface area contributed by atoms with Gasteiger partial charge in [-0.2, -0.15) is 0 Å². The zero-order chi connectivity index (χ0) is 19.6. The van der Waals surface area contributed by atoms with Crippen LogP contribution >= 0.6 is 24.0 Å². The Morgan fingerprint density at radius 3 is 2.36 bits per heavy atom. The third-order valence-corrected chi connectivity index (χ3v) is 5.09. The summed E-state index contributed by atoms with van der Waals surface area (Å²) in [6, 6.07) is 8.08. The number of guanidine groups is 1. The average Bonchev–Trinajstić information content (AvgIpc) is 2.66. The average molecular weight is 500 g/mol. The molecule has 3 N–H and O–H groups in total. The topological polar surface area (TPSA) is 70.7 Å². The third kappa shape index (κ3) is 8.80. The lowest BCUT2D eigenvalue weighted by Crippen LogP contribution is -2.38. The highest BCUT2D eigenvalue weighted by Crippen LogP contribution is 2.14. The van der Waals surface area contributed by atoms with Gasteiger partial charge in [0.25, 0.3) is 5.91 Å². The molecule has 0 bridgehead atoms. The first-order valence-corrected chi connectivity index (χ1v) is 10.4. The Bertz CT molecular complexity index is 609. The van der Waals surface area contributed by atoms with E-state index in [0.717, 1.165) is 49.4 Å². The molecule has 1 heterocycles. The van der Waals surface area contributed by atoms with Crippen molar-refractivity contribution in [1.29, 1.82) is 0 Å². The van der Waals surface area contributed by atoms with Crippen molar-refractivity contribution in [1.82, 2.24) is 10.2 Å². The van der Waals surface area contributed by atoms with Gasteiger partial charge in [-0.05, 0) is 56.2 Å². The van der Waals surface area contributed by atoms with Crippen LogP contribution in [0.4, 0.5) is 0 Å². The highest BCUT2D eigenvalue weighted by Gasteiger charge is 2.17. The van der Waals surface area contributed by atoms with Crippen LogP contribution in [0.25, 0.3) is 0 Å². The minimum atomic E-state index is 0. The molecular weight excluding hydrogens is 463 g/mol.